The van der Waals surface area contributed by atoms with Crippen LogP contribution in [0.1, 0.15) is 17.3 Å². The third-order valence-electron chi connectivity index (χ3n) is 2.61. The van der Waals surface area contributed by atoms with Crippen molar-refractivity contribution < 1.29 is 14.3 Å². The Bertz CT molecular complexity index is 437. The number of primary amides is 1. The maximum atomic E-state index is 11.5. The van der Waals surface area contributed by atoms with E-state index >= 15 is 0 Å². The highest BCUT2D eigenvalue weighted by Gasteiger charge is 2.05. The average molecular weight is 302 g/mol. The van der Waals surface area contributed by atoms with Gasteiger partial charge in [0, 0.05) is 18.2 Å². The molecule has 0 aliphatic carbocycles. The quantitative estimate of drug-likeness (QED) is 0.676. The van der Waals surface area contributed by atoms with Crippen LogP contribution >= 0.6 is 12.4 Å². The van der Waals surface area contributed by atoms with Crippen molar-refractivity contribution in [3.8, 4) is 5.75 Å². The first kappa shape index (κ1) is 18.2. The van der Waals surface area contributed by atoms with Crippen molar-refractivity contribution in [1.82, 2.24) is 10.6 Å². The zero-order valence-corrected chi connectivity index (χ0v) is 12.3. The number of hydrogen-bond donors (Lipinski definition) is 3. The van der Waals surface area contributed by atoms with Crippen molar-refractivity contribution in [2.45, 2.75) is 13.0 Å². The number of benzene rings is 1. The normalized spacial score (nSPS) is 11.1. The Balaban J connectivity index is 0.00000361. The lowest BCUT2D eigenvalue weighted by atomic mass is 10.2. The summed E-state index contributed by atoms with van der Waals surface area (Å²) in [5.41, 5.74) is 5.52. The topological polar surface area (TPSA) is 93.4 Å². The Hall–Kier alpha value is -1.79. The van der Waals surface area contributed by atoms with Crippen LogP contribution in [0.3, 0.4) is 0 Å². The third kappa shape index (κ3) is 6.40. The number of likely N-dealkylation sites (N-methyl/N-ethyl adjacent to an activating group) is 1. The van der Waals surface area contributed by atoms with Crippen LogP contribution in [0.15, 0.2) is 24.3 Å². The minimum atomic E-state index is -0.495. The molecule has 0 aliphatic rings. The van der Waals surface area contributed by atoms with E-state index in [0.717, 1.165) is 0 Å². The lowest BCUT2D eigenvalue weighted by molar-refractivity contribution is -0.123. The van der Waals surface area contributed by atoms with Crippen molar-refractivity contribution in [2.75, 3.05) is 20.2 Å². The second-order valence-corrected chi connectivity index (χ2v) is 4.17. The summed E-state index contributed by atoms with van der Waals surface area (Å²) in [6.07, 6.45) is 0. The molecule has 0 saturated heterocycles. The van der Waals surface area contributed by atoms with E-state index in [1.54, 1.807) is 24.3 Å². The van der Waals surface area contributed by atoms with Crippen LogP contribution in [0, 0.1) is 0 Å². The summed E-state index contributed by atoms with van der Waals surface area (Å²) in [5.74, 6) is -0.173. The molecule has 0 bridgehead atoms. The van der Waals surface area contributed by atoms with Crippen LogP contribution in [0.5, 0.6) is 5.75 Å². The van der Waals surface area contributed by atoms with E-state index in [2.05, 4.69) is 10.6 Å². The minimum Gasteiger partial charge on any atom is -0.484 e. The number of carbonyl (C=O) groups is 2. The van der Waals surface area contributed by atoms with Crippen LogP contribution in [-0.4, -0.2) is 38.1 Å². The Kier molecular flexibility index (Phi) is 8.35. The first-order chi connectivity index (χ1) is 9.02. The van der Waals surface area contributed by atoms with Crippen molar-refractivity contribution >= 4 is 24.2 Å². The van der Waals surface area contributed by atoms with E-state index in [9.17, 15) is 9.59 Å². The van der Waals surface area contributed by atoms with Gasteiger partial charge in [-0.2, -0.15) is 0 Å². The molecular formula is C13H20ClN3O3. The molecule has 4 N–H and O–H groups in total. The highest BCUT2D eigenvalue weighted by molar-refractivity contribution is 5.92. The summed E-state index contributed by atoms with van der Waals surface area (Å²) in [4.78, 5) is 22.3. The van der Waals surface area contributed by atoms with Gasteiger partial charge in [0.25, 0.3) is 5.91 Å². The predicted molar refractivity (Wildman–Crippen MR) is 79.2 cm³/mol. The second kappa shape index (κ2) is 9.17. The number of rotatable bonds is 7. The highest BCUT2D eigenvalue weighted by Crippen LogP contribution is 2.11. The number of nitrogens with one attached hydrogen (secondary N) is 2. The van der Waals surface area contributed by atoms with E-state index in [1.807, 2.05) is 14.0 Å². The standard InChI is InChI=1S/C13H19N3O3.ClH/c1-9(15-2)7-16-12(17)8-19-11-5-3-10(4-6-11)13(14)18;/h3-6,9,15H,7-8H2,1-2H3,(H2,14,18)(H,16,17);1H. The van der Waals surface area contributed by atoms with Crippen LogP contribution < -0.4 is 21.1 Å². The lowest BCUT2D eigenvalue weighted by Gasteiger charge is -2.12. The molecule has 7 heteroatoms. The minimum absolute atomic E-state index is 0. The molecule has 1 unspecified atom stereocenters. The van der Waals surface area contributed by atoms with E-state index < -0.39 is 5.91 Å². The van der Waals surface area contributed by atoms with Gasteiger partial charge in [-0.15, -0.1) is 12.4 Å². The smallest absolute Gasteiger partial charge is 0.257 e. The van der Waals surface area contributed by atoms with E-state index in [-0.39, 0.29) is 31.0 Å². The first-order valence-electron chi connectivity index (χ1n) is 5.99. The molecule has 0 radical (unpaired) electrons. The molecule has 0 heterocycles. The predicted octanol–water partition coefficient (Wildman–Crippen LogP) is 0.310. The fourth-order valence-corrected chi connectivity index (χ4v) is 1.28. The van der Waals surface area contributed by atoms with E-state index in [1.165, 1.54) is 0 Å². The van der Waals surface area contributed by atoms with Crippen LogP contribution in [0.25, 0.3) is 0 Å². The van der Waals surface area contributed by atoms with Crippen molar-refractivity contribution in [3.63, 3.8) is 0 Å². The van der Waals surface area contributed by atoms with Gasteiger partial charge in [0.2, 0.25) is 5.91 Å². The second-order valence-electron chi connectivity index (χ2n) is 4.17. The highest BCUT2D eigenvalue weighted by atomic mass is 35.5. The molecule has 1 aromatic rings. The van der Waals surface area contributed by atoms with Gasteiger partial charge < -0.3 is 21.1 Å². The first-order valence-corrected chi connectivity index (χ1v) is 5.99. The maximum Gasteiger partial charge on any atom is 0.257 e. The largest absolute Gasteiger partial charge is 0.484 e. The van der Waals surface area contributed by atoms with Crippen molar-refractivity contribution in [2.24, 2.45) is 5.73 Å². The Morgan fingerprint density at radius 3 is 2.40 bits per heavy atom. The third-order valence-corrected chi connectivity index (χ3v) is 2.61. The molecule has 0 saturated carbocycles. The average Bonchev–Trinajstić information content (AvgIpc) is 2.42. The lowest BCUT2D eigenvalue weighted by Crippen LogP contribution is -2.39. The summed E-state index contributed by atoms with van der Waals surface area (Å²) in [5, 5.41) is 5.74. The van der Waals surface area contributed by atoms with Gasteiger partial charge in [0.15, 0.2) is 6.61 Å². The Labute approximate surface area is 124 Å². The summed E-state index contributed by atoms with van der Waals surface area (Å²) >= 11 is 0. The number of ether oxygens (including phenoxy) is 1. The molecule has 20 heavy (non-hydrogen) atoms. The van der Waals surface area contributed by atoms with Gasteiger partial charge in [-0.1, -0.05) is 0 Å². The fraction of sp³-hybridized carbons (Fsp3) is 0.385. The van der Waals surface area contributed by atoms with Crippen LogP contribution in [0.2, 0.25) is 0 Å². The number of amides is 2. The van der Waals surface area contributed by atoms with Crippen molar-refractivity contribution in [1.29, 1.82) is 0 Å². The zero-order chi connectivity index (χ0) is 14.3. The van der Waals surface area contributed by atoms with Gasteiger partial charge in [-0.3, -0.25) is 9.59 Å². The van der Waals surface area contributed by atoms with E-state index in [0.29, 0.717) is 17.9 Å². The fourth-order valence-electron chi connectivity index (χ4n) is 1.28. The molecule has 0 fully saturated rings. The zero-order valence-electron chi connectivity index (χ0n) is 11.5. The molecular weight excluding hydrogens is 282 g/mol. The molecule has 1 atom stereocenters. The molecule has 0 aromatic heterocycles. The summed E-state index contributed by atoms with van der Waals surface area (Å²) < 4.78 is 5.28. The maximum absolute atomic E-state index is 11.5. The number of halogens is 1. The number of carbonyl (C=O) groups excluding carboxylic acids is 2. The molecule has 2 amide bonds. The Morgan fingerprint density at radius 1 is 1.30 bits per heavy atom. The summed E-state index contributed by atoms with van der Waals surface area (Å²) in [6, 6.07) is 6.52. The van der Waals surface area contributed by atoms with Gasteiger partial charge in [-0.25, -0.2) is 0 Å². The van der Waals surface area contributed by atoms with E-state index in [4.69, 9.17) is 10.5 Å². The SMILES string of the molecule is CNC(C)CNC(=O)COc1ccc(C(N)=O)cc1.Cl. The Morgan fingerprint density at radius 2 is 1.90 bits per heavy atom. The van der Waals surface area contributed by atoms with Crippen molar-refractivity contribution in [3.05, 3.63) is 29.8 Å². The summed E-state index contributed by atoms with van der Waals surface area (Å²) in [6.45, 7) is 2.44. The van der Waals surface area contributed by atoms with Crippen LogP contribution in [-0.2, 0) is 4.79 Å². The van der Waals surface area contributed by atoms with Crippen LogP contribution in [0.4, 0.5) is 0 Å². The summed E-state index contributed by atoms with van der Waals surface area (Å²) in [7, 11) is 1.83. The molecule has 0 spiro atoms. The molecule has 1 rings (SSSR count). The van der Waals surface area contributed by atoms with Gasteiger partial charge in [0.1, 0.15) is 5.75 Å². The molecule has 1 aromatic carbocycles. The molecule has 0 aliphatic heterocycles. The number of hydrogen-bond acceptors (Lipinski definition) is 4. The molecule has 6 nitrogen and oxygen atoms in total. The van der Waals surface area contributed by atoms with Gasteiger partial charge >= 0.3 is 0 Å². The van der Waals surface area contributed by atoms with Gasteiger partial charge in [-0.05, 0) is 38.2 Å². The molecule has 112 valence electrons. The number of nitrogens with two attached hydrogens (primary N) is 1. The van der Waals surface area contributed by atoms with Gasteiger partial charge in [0.05, 0.1) is 0 Å². The monoisotopic (exact) mass is 301 g/mol.